The van der Waals surface area contributed by atoms with Crippen molar-refractivity contribution in [3.8, 4) is 5.69 Å². The summed E-state index contributed by atoms with van der Waals surface area (Å²) in [7, 11) is 0. The number of carbonyl (C=O) groups is 1. The topological polar surface area (TPSA) is 51.0 Å². The number of nitrogens with zero attached hydrogens (tertiary/aromatic N) is 4. The van der Waals surface area contributed by atoms with Crippen molar-refractivity contribution in [3.05, 3.63) is 59.8 Å². The lowest BCUT2D eigenvalue weighted by atomic mass is 10.3. The predicted molar refractivity (Wildman–Crippen MR) is 91.4 cm³/mol. The number of para-hydroxylation sites is 1. The number of benzene rings is 1. The van der Waals surface area contributed by atoms with Gasteiger partial charge in [-0.3, -0.25) is 9.69 Å². The van der Waals surface area contributed by atoms with Crippen molar-refractivity contribution < 1.29 is 4.79 Å². The van der Waals surface area contributed by atoms with Crippen molar-refractivity contribution in [1.29, 1.82) is 0 Å². The maximum Gasteiger partial charge on any atom is 0.266 e. The van der Waals surface area contributed by atoms with Gasteiger partial charge in [0.15, 0.2) is 0 Å². The van der Waals surface area contributed by atoms with Gasteiger partial charge in [-0.05, 0) is 18.2 Å². The van der Waals surface area contributed by atoms with E-state index in [2.05, 4.69) is 16.9 Å². The van der Waals surface area contributed by atoms with E-state index < -0.39 is 0 Å². The van der Waals surface area contributed by atoms with Crippen LogP contribution in [0.5, 0.6) is 0 Å². The zero-order chi connectivity index (χ0) is 15.5. The van der Waals surface area contributed by atoms with E-state index in [0.717, 1.165) is 5.69 Å². The summed E-state index contributed by atoms with van der Waals surface area (Å²) in [4.78, 5) is 14.3. The molecule has 0 spiro atoms. The minimum atomic E-state index is -0.121. The van der Waals surface area contributed by atoms with Crippen molar-refractivity contribution in [1.82, 2.24) is 19.9 Å². The van der Waals surface area contributed by atoms with Crippen LogP contribution >= 0.6 is 24.0 Å². The highest BCUT2D eigenvalue weighted by Crippen LogP contribution is 2.32. The normalized spacial score (nSPS) is 16.5. The summed E-state index contributed by atoms with van der Waals surface area (Å²) in [6, 6.07) is 9.66. The lowest BCUT2D eigenvalue weighted by Gasteiger charge is -2.10. The third-order valence-electron chi connectivity index (χ3n) is 3.00. The summed E-state index contributed by atoms with van der Waals surface area (Å²) < 4.78 is 2.20. The Bertz CT molecular complexity index is 767. The van der Waals surface area contributed by atoms with Gasteiger partial charge in [0.1, 0.15) is 10.0 Å². The number of amides is 1. The zero-order valence-electron chi connectivity index (χ0n) is 11.5. The molecule has 1 amide bonds. The molecule has 7 heteroatoms. The molecule has 0 N–H and O–H groups in total. The molecule has 0 atom stereocenters. The Morgan fingerprint density at radius 1 is 1.32 bits per heavy atom. The number of rotatable bonds is 4. The molecule has 1 aromatic carbocycles. The average Bonchev–Trinajstić information content (AvgIpc) is 3.09. The molecule has 0 unspecified atom stereocenters. The number of hydrogen-bond acceptors (Lipinski definition) is 5. The number of thioether (sulfide) groups is 1. The van der Waals surface area contributed by atoms with Crippen LogP contribution in [0.15, 0.2) is 54.1 Å². The Morgan fingerprint density at radius 3 is 2.82 bits per heavy atom. The van der Waals surface area contributed by atoms with E-state index in [9.17, 15) is 4.79 Å². The van der Waals surface area contributed by atoms with Gasteiger partial charge in [-0.15, -0.1) is 11.7 Å². The Hall–Kier alpha value is -2.25. The second kappa shape index (κ2) is 6.25. The minimum absolute atomic E-state index is 0.121. The fourth-order valence-electron chi connectivity index (χ4n) is 1.97. The Labute approximate surface area is 137 Å². The van der Waals surface area contributed by atoms with Crippen molar-refractivity contribution in [2.45, 2.75) is 0 Å². The van der Waals surface area contributed by atoms with Crippen LogP contribution in [0.1, 0.15) is 5.69 Å². The first-order valence-electron chi connectivity index (χ1n) is 6.53. The van der Waals surface area contributed by atoms with Gasteiger partial charge in [0.2, 0.25) is 0 Å². The number of thiocarbonyl (C=S) groups is 1. The molecule has 0 bridgehead atoms. The lowest BCUT2D eigenvalue weighted by molar-refractivity contribution is -0.121. The average molecular weight is 328 g/mol. The molecule has 1 saturated heterocycles. The van der Waals surface area contributed by atoms with E-state index in [1.807, 2.05) is 30.3 Å². The van der Waals surface area contributed by atoms with E-state index in [0.29, 0.717) is 21.5 Å². The maximum atomic E-state index is 12.2. The second-order valence-corrected chi connectivity index (χ2v) is 6.18. The van der Waals surface area contributed by atoms with Crippen molar-refractivity contribution >= 4 is 40.3 Å². The fraction of sp³-hybridized carbons (Fsp3) is 0.0667. The predicted octanol–water partition coefficient (Wildman–Crippen LogP) is 2.65. The van der Waals surface area contributed by atoms with E-state index in [1.54, 1.807) is 23.0 Å². The molecule has 1 aliphatic rings. The molecule has 0 aliphatic carbocycles. The highest BCUT2D eigenvalue weighted by molar-refractivity contribution is 8.26. The Kier molecular flexibility index (Phi) is 4.17. The van der Waals surface area contributed by atoms with Crippen molar-refractivity contribution in [2.75, 3.05) is 6.54 Å². The first-order valence-corrected chi connectivity index (χ1v) is 7.75. The third kappa shape index (κ3) is 2.86. The summed E-state index contributed by atoms with van der Waals surface area (Å²) in [6.07, 6.45) is 5.13. The third-order valence-corrected chi connectivity index (χ3v) is 4.37. The van der Waals surface area contributed by atoms with Crippen LogP contribution in [-0.2, 0) is 4.79 Å². The molecule has 3 rings (SSSR count). The fourth-order valence-corrected chi connectivity index (χ4v) is 3.23. The van der Waals surface area contributed by atoms with Gasteiger partial charge in [-0.25, -0.2) is 4.68 Å². The molecule has 22 heavy (non-hydrogen) atoms. The summed E-state index contributed by atoms with van der Waals surface area (Å²) in [5, 5.41) is 8.14. The van der Waals surface area contributed by atoms with E-state index in [-0.39, 0.29) is 5.91 Å². The summed E-state index contributed by atoms with van der Waals surface area (Å²) in [5.74, 6) is -0.121. The highest BCUT2D eigenvalue weighted by Gasteiger charge is 2.31. The first-order chi connectivity index (χ1) is 10.7. The first kappa shape index (κ1) is 14.7. The van der Waals surface area contributed by atoms with Crippen molar-refractivity contribution in [3.63, 3.8) is 0 Å². The van der Waals surface area contributed by atoms with Crippen LogP contribution in [0.2, 0.25) is 0 Å². The molecule has 110 valence electrons. The molecule has 1 aromatic heterocycles. The lowest BCUT2D eigenvalue weighted by Crippen LogP contribution is -2.27. The smallest absolute Gasteiger partial charge is 0.266 e. The van der Waals surface area contributed by atoms with Crippen LogP contribution in [-0.4, -0.2) is 36.7 Å². The van der Waals surface area contributed by atoms with Gasteiger partial charge in [0.25, 0.3) is 5.91 Å². The van der Waals surface area contributed by atoms with Crippen molar-refractivity contribution in [2.24, 2.45) is 0 Å². The van der Waals surface area contributed by atoms with Gasteiger partial charge in [0, 0.05) is 6.54 Å². The second-order valence-electron chi connectivity index (χ2n) is 4.50. The summed E-state index contributed by atoms with van der Waals surface area (Å²) in [6.45, 7) is 4.05. The monoisotopic (exact) mass is 328 g/mol. The number of hydrogen-bond donors (Lipinski definition) is 0. The van der Waals surface area contributed by atoms with Crippen LogP contribution in [0, 0.1) is 0 Å². The largest absolute Gasteiger partial charge is 0.289 e. The standard InChI is InChI=1S/C15H12N4OS2/c1-2-8-18-14(20)13(22-15(18)21)9-11-10-19(17-16-11)12-6-4-3-5-7-12/h2-7,9-10H,1,8H2/b13-9-. The Balaban J connectivity index is 1.85. The quantitative estimate of drug-likeness (QED) is 0.491. The number of aromatic nitrogens is 3. The van der Waals surface area contributed by atoms with Gasteiger partial charge in [-0.2, -0.15) is 0 Å². The summed E-state index contributed by atoms with van der Waals surface area (Å²) >= 11 is 6.46. The van der Waals surface area contributed by atoms with Gasteiger partial charge < -0.3 is 0 Å². The minimum Gasteiger partial charge on any atom is -0.289 e. The van der Waals surface area contributed by atoms with Crippen LogP contribution in [0.4, 0.5) is 0 Å². The van der Waals surface area contributed by atoms with Gasteiger partial charge >= 0.3 is 0 Å². The maximum absolute atomic E-state index is 12.2. The van der Waals surface area contributed by atoms with Crippen LogP contribution in [0.25, 0.3) is 11.8 Å². The molecule has 2 heterocycles. The zero-order valence-corrected chi connectivity index (χ0v) is 13.2. The van der Waals surface area contributed by atoms with Gasteiger partial charge in [-0.1, -0.05) is 53.5 Å². The number of carbonyl (C=O) groups excluding carboxylic acids is 1. The van der Waals surface area contributed by atoms with Gasteiger partial charge in [0.05, 0.1) is 16.8 Å². The van der Waals surface area contributed by atoms with E-state index in [4.69, 9.17) is 12.2 Å². The molecule has 0 saturated carbocycles. The van der Waals surface area contributed by atoms with Crippen LogP contribution in [0.3, 0.4) is 0 Å². The molecule has 1 fully saturated rings. The van der Waals surface area contributed by atoms with E-state index in [1.165, 1.54) is 16.7 Å². The molecular formula is C15H12N4OS2. The highest BCUT2D eigenvalue weighted by atomic mass is 32.2. The summed E-state index contributed by atoms with van der Waals surface area (Å²) in [5.41, 5.74) is 1.52. The molecule has 0 radical (unpaired) electrons. The van der Waals surface area contributed by atoms with Crippen LogP contribution < -0.4 is 0 Å². The molecule has 5 nitrogen and oxygen atoms in total. The molecule has 1 aliphatic heterocycles. The van der Waals surface area contributed by atoms with E-state index >= 15 is 0 Å². The molecular weight excluding hydrogens is 316 g/mol. The Morgan fingerprint density at radius 2 is 2.09 bits per heavy atom. The SMILES string of the molecule is C=CCN1C(=O)/C(=C/c2cn(-c3ccccc3)nn2)SC1=S. The molecule has 2 aromatic rings.